The van der Waals surface area contributed by atoms with E-state index in [0.29, 0.717) is 11.9 Å². The quantitative estimate of drug-likeness (QED) is 0.885. The number of nitrogens with zero attached hydrogens (tertiary/aromatic N) is 2. The summed E-state index contributed by atoms with van der Waals surface area (Å²) in [4.78, 5) is 8.32. The van der Waals surface area contributed by atoms with Crippen molar-refractivity contribution in [3.05, 3.63) is 18.5 Å². The van der Waals surface area contributed by atoms with Crippen LogP contribution in [0.25, 0.3) is 0 Å². The summed E-state index contributed by atoms with van der Waals surface area (Å²) in [6.07, 6.45) is 7.81. The molecule has 1 aliphatic carbocycles. The molecule has 0 amide bonds. The molecule has 5 nitrogen and oxygen atoms in total. The Morgan fingerprint density at radius 1 is 1.17 bits per heavy atom. The van der Waals surface area contributed by atoms with Crippen LogP contribution in [0.5, 0.6) is 0 Å². The minimum absolute atomic E-state index is 0.250. The van der Waals surface area contributed by atoms with Crippen molar-refractivity contribution in [2.75, 3.05) is 25.1 Å². The second-order valence-electron chi connectivity index (χ2n) is 5.00. The van der Waals surface area contributed by atoms with Gasteiger partial charge in [0, 0.05) is 31.8 Å². The van der Waals surface area contributed by atoms with E-state index in [2.05, 4.69) is 15.3 Å². The Balaban J connectivity index is 1.46. The molecule has 1 saturated carbocycles. The first-order valence-corrected chi connectivity index (χ1v) is 6.65. The fourth-order valence-electron chi connectivity index (χ4n) is 2.73. The van der Waals surface area contributed by atoms with Crippen LogP contribution in [0, 0.1) is 5.92 Å². The third kappa shape index (κ3) is 2.62. The molecule has 1 aromatic rings. The molecule has 2 heterocycles. The van der Waals surface area contributed by atoms with Gasteiger partial charge < -0.3 is 14.8 Å². The smallest absolute Gasteiger partial charge is 0.222 e. The number of nitrogens with one attached hydrogen (secondary N) is 1. The van der Waals surface area contributed by atoms with E-state index in [1.807, 2.05) is 6.07 Å². The average molecular weight is 249 g/mol. The van der Waals surface area contributed by atoms with Crippen LogP contribution in [0.2, 0.25) is 0 Å². The molecule has 3 rings (SSSR count). The zero-order valence-electron chi connectivity index (χ0n) is 10.5. The summed E-state index contributed by atoms with van der Waals surface area (Å²) in [5.41, 5.74) is 0. The summed E-state index contributed by atoms with van der Waals surface area (Å²) < 4.78 is 11.5. The number of hydrogen-bond acceptors (Lipinski definition) is 5. The Kier molecular flexibility index (Phi) is 3.43. The van der Waals surface area contributed by atoms with Gasteiger partial charge in [-0.15, -0.1) is 0 Å². The molecule has 1 aromatic heterocycles. The van der Waals surface area contributed by atoms with Gasteiger partial charge in [0.25, 0.3) is 0 Å². The van der Waals surface area contributed by atoms with Gasteiger partial charge in [-0.05, 0) is 24.8 Å². The molecule has 5 heteroatoms. The third-order valence-electron chi connectivity index (χ3n) is 3.80. The lowest BCUT2D eigenvalue weighted by atomic mass is 9.85. The van der Waals surface area contributed by atoms with E-state index < -0.39 is 0 Å². The Bertz CT molecular complexity index is 369. The van der Waals surface area contributed by atoms with Gasteiger partial charge in [0.2, 0.25) is 5.95 Å². The maximum absolute atomic E-state index is 5.73. The molecule has 1 saturated heterocycles. The molecular formula is C13H19N3O2. The summed E-state index contributed by atoms with van der Waals surface area (Å²) in [5, 5.41) is 3.29. The van der Waals surface area contributed by atoms with Gasteiger partial charge in [-0.3, -0.25) is 0 Å². The molecule has 1 aliphatic heterocycles. The average Bonchev–Trinajstić information content (AvgIpc) is 2.88. The molecule has 1 spiro atoms. The highest BCUT2D eigenvalue weighted by Crippen LogP contribution is 2.38. The van der Waals surface area contributed by atoms with Gasteiger partial charge in [0.05, 0.1) is 13.2 Å². The van der Waals surface area contributed by atoms with Crippen LogP contribution in [0.15, 0.2) is 18.5 Å². The molecule has 0 unspecified atom stereocenters. The molecule has 18 heavy (non-hydrogen) atoms. The highest BCUT2D eigenvalue weighted by Gasteiger charge is 2.40. The fraction of sp³-hybridized carbons (Fsp3) is 0.692. The lowest BCUT2D eigenvalue weighted by Crippen LogP contribution is -2.36. The number of ether oxygens (including phenoxy) is 2. The number of aromatic nitrogens is 2. The Hall–Kier alpha value is -1.20. The van der Waals surface area contributed by atoms with E-state index in [1.54, 1.807) is 12.4 Å². The van der Waals surface area contributed by atoms with Crippen LogP contribution in [0.3, 0.4) is 0 Å². The summed E-state index contributed by atoms with van der Waals surface area (Å²) in [7, 11) is 0. The molecule has 0 aromatic carbocycles. The molecule has 0 bridgehead atoms. The number of hydrogen-bond donors (Lipinski definition) is 1. The van der Waals surface area contributed by atoms with Crippen LogP contribution >= 0.6 is 0 Å². The lowest BCUT2D eigenvalue weighted by molar-refractivity contribution is -0.181. The van der Waals surface area contributed by atoms with Crippen molar-refractivity contribution < 1.29 is 9.47 Å². The maximum Gasteiger partial charge on any atom is 0.222 e. The van der Waals surface area contributed by atoms with Gasteiger partial charge in [-0.2, -0.15) is 0 Å². The summed E-state index contributed by atoms with van der Waals surface area (Å²) in [5.74, 6) is 1.12. The second kappa shape index (κ2) is 5.20. The molecule has 2 fully saturated rings. The zero-order valence-corrected chi connectivity index (χ0v) is 10.5. The second-order valence-corrected chi connectivity index (χ2v) is 5.00. The standard InChI is InChI=1S/C13H19N3O2/c1-6-14-12(15-7-1)16-10-11-2-4-13(5-3-11)17-8-9-18-13/h1,6-7,11H,2-5,8-10H2,(H,14,15,16). The minimum atomic E-state index is -0.250. The minimum Gasteiger partial charge on any atom is -0.354 e. The first-order chi connectivity index (χ1) is 8.86. The van der Waals surface area contributed by atoms with Crippen LogP contribution in [0.1, 0.15) is 25.7 Å². The van der Waals surface area contributed by atoms with Gasteiger partial charge in [0.1, 0.15) is 0 Å². The predicted octanol–water partition coefficient (Wildman–Crippen LogP) is 1.82. The largest absolute Gasteiger partial charge is 0.354 e. The summed E-state index contributed by atoms with van der Waals surface area (Å²) in [6, 6.07) is 1.82. The molecule has 0 atom stereocenters. The zero-order chi connectivity index (χ0) is 12.3. The van der Waals surface area contributed by atoms with E-state index in [1.165, 1.54) is 0 Å². The third-order valence-corrected chi connectivity index (χ3v) is 3.80. The summed E-state index contributed by atoms with van der Waals surface area (Å²) in [6.45, 7) is 2.43. The maximum atomic E-state index is 5.73. The first-order valence-electron chi connectivity index (χ1n) is 6.65. The van der Waals surface area contributed by atoms with Crippen LogP contribution in [-0.4, -0.2) is 35.5 Å². The number of anilines is 1. The van der Waals surface area contributed by atoms with E-state index in [9.17, 15) is 0 Å². The summed E-state index contributed by atoms with van der Waals surface area (Å²) >= 11 is 0. The monoisotopic (exact) mass is 249 g/mol. The van der Waals surface area contributed by atoms with Crippen molar-refractivity contribution in [3.8, 4) is 0 Å². The molecule has 0 radical (unpaired) electrons. The van der Waals surface area contributed by atoms with Crippen molar-refractivity contribution >= 4 is 5.95 Å². The van der Waals surface area contributed by atoms with Crippen LogP contribution in [0.4, 0.5) is 5.95 Å². The van der Waals surface area contributed by atoms with Gasteiger partial charge in [-0.1, -0.05) is 0 Å². The Labute approximate surface area is 107 Å². The molecule has 98 valence electrons. The highest BCUT2D eigenvalue weighted by molar-refractivity contribution is 5.21. The molecule has 1 N–H and O–H groups in total. The fourth-order valence-corrected chi connectivity index (χ4v) is 2.73. The van der Waals surface area contributed by atoms with Crippen molar-refractivity contribution in [3.63, 3.8) is 0 Å². The lowest BCUT2D eigenvalue weighted by Gasteiger charge is -2.35. The van der Waals surface area contributed by atoms with E-state index in [4.69, 9.17) is 9.47 Å². The van der Waals surface area contributed by atoms with Gasteiger partial charge >= 0.3 is 0 Å². The van der Waals surface area contributed by atoms with Gasteiger partial charge in [-0.25, -0.2) is 9.97 Å². The van der Waals surface area contributed by atoms with E-state index >= 15 is 0 Å². The highest BCUT2D eigenvalue weighted by atomic mass is 16.7. The number of rotatable bonds is 3. The van der Waals surface area contributed by atoms with Gasteiger partial charge in [0.15, 0.2) is 5.79 Å². The topological polar surface area (TPSA) is 56.3 Å². The molecular weight excluding hydrogens is 230 g/mol. The SMILES string of the molecule is c1cnc(NCC2CCC3(CC2)OCCO3)nc1. The first kappa shape index (κ1) is 11.9. The Morgan fingerprint density at radius 2 is 1.83 bits per heavy atom. The van der Waals surface area contributed by atoms with Crippen molar-refractivity contribution in [2.24, 2.45) is 5.92 Å². The van der Waals surface area contributed by atoms with Crippen molar-refractivity contribution in [1.82, 2.24) is 9.97 Å². The Morgan fingerprint density at radius 3 is 2.50 bits per heavy atom. The normalized spacial score (nSPS) is 23.3. The molecule has 2 aliphatic rings. The van der Waals surface area contributed by atoms with Crippen molar-refractivity contribution in [1.29, 1.82) is 0 Å². The van der Waals surface area contributed by atoms with E-state index in [-0.39, 0.29) is 5.79 Å². The van der Waals surface area contributed by atoms with Crippen LogP contribution in [-0.2, 0) is 9.47 Å². The predicted molar refractivity (Wildman–Crippen MR) is 67.1 cm³/mol. The van der Waals surface area contributed by atoms with E-state index in [0.717, 1.165) is 45.4 Å². The van der Waals surface area contributed by atoms with Crippen LogP contribution < -0.4 is 5.32 Å². The van der Waals surface area contributed by atoms with Crippen molar-refractivity contribution in [2.45, 2.75) is 31.5 Å².